The summed E-state index contributed by atoms with van der Waals surface area (Å²) in [6.07, 6.45) is 7.99. The van der Waals surface area contributed by atoms with Crippen LogP contribution in [-0.4, -0.2) is 50.2 Å². The highest BCUT2D eigenvalue weighted by atomic mass is 29.3. The summed E-state index contributed by atoms with van der Waals surface area (Å²) in [5.41, 5.74) is 0. The van der Waals surface area contributed by atoms with Crippen LogP contribution in [0.3, 0.4) is 0 Å². The maximum atomic E-state index is 6.59. The van der Waals surface area contributed by atoms with E-state index in [0.29, 0.717) is 25.9 Å². The molecule has 1 unspecified atom stereocenters. The van der Waals surface area contributed by atoms with Gasteiger partial charge in [-0.3, -0.25) is 0 Å². The molecule has 7 heteroatoms. The summed E-state index contributed by atoms with van der Waals surface area (Å²) in [7, 11) is -4.94. The minimum Gasteiger partial charge on any atom is -0.417 e. The first-order valence-electron chi connectivity index (χ1n) is 10.8. The van der Waals surface area contributed by atoms with Gasteiger partial charge in [-0.15, -0.1) is 0 Å². The molecule has 1 aliphatic rings. The lowest BCUT2D eigenvalue weighted by molar-refractivity contribution is 0.0706. The minimum absolute atomic E-state index is 0.529. The SMILES string of the molecule is CCO[Si](CCCCCCC1CC[Si](C)(C)[Si](C)(C)O1)(OCC)OCC. The number of hydrogen-bond acceptors (Lipinski definition) is 4. The fraction of sp³-hybridized carbons (Fsp3) is 1.00. The molecule has 0 saturated carbocycles. The van der Waals surface area contributed by atoms with Gasteiger partial charge in [0.2, 0.25) is 0 Å². The molecule has 1 atom stereocenters. The average Bonchev–Trinajstić information content (AvgIpc) is 2.55. The van der Waals surface area contributed by atoms with Gasteiger partial charge in [0, 0.05) is 32.0 Å². The third-order valence-corrected chi connectivity index (χ3v) is 25.8. The van der Waals surface area contributed by atoms with Crippen LogP contribution in [0, 0.1) is 0 Å². The maximum absolute atomic E-state index is 6.59. The van der Waals surface area contributed by atoms with Crippen molar-refractivity contribution in [3.05, 3.63) is 0 Å². The molecule has 26 heavy (non-hydrogen) atoms. The van der Waals surface area contributed by atoms with E-state index in [9.17, 15) is 0 Å². The normalized spacial score (nSPS) is 22.5. The second-order valence-electron chi connectivity index (χ2n) is 8.61. The summed E-state index contributed by atoms with van der Waals surface area (Å²) in [5.74, 6) is 0. The lowest BCUT2D eigenvalue weighted by atomic mass is 10.1. The van der Waals surface area contributed by atoms with E-state index in [1.54, 1.807) is 0 Å². The molecule has 1 heterocycles. The zero-order valence-corrected chi connectivity index (χ0v) is 21.5. The van der Waals surface area contributed by atoms with E-state index < -0.39 is 24.2 Å². The molecule has 0 bridgehead atoms. The Morgan fingerprint density at radius 2 is 1.38 bits per heavy atom. The molecule has 0 aromatic rings. The third kappa shape index (κ3) is 7.49. The van der Waals surface area contributed by atoms with E-state index in [0.717, 1.165) is 12.5 Å². The first kappa shape index (κ1) is 24.5. The van der Waals surface area contributed by atoms with Crippen LogP contribution < -0.4 is 0 Å². The highest BCUT2D eigenvalue weighted by Crippen LogP contribution is 2.35. The molecule has 1 rings (SSSR count). The Labute approximate surface area is 165 Å². The van der Waals surface area contributed by atoms with Crippen LogP contribution in [0.2, 0.25) is 38.3 Å². The van der Waals surface area contributed by atoms with Gasteiger partial charge in [-0.05, 0) is 53.1 Å². The highest BCUT2D eigenvalue weighted by Gasteiger charge is 2.47. The summed E-state index contributed by atoms with van der Waals surface area (Å²) in [6, 6.07) is 2.41. The second-order valence-corrected chi connectivity index (χ2v) is 26.5. The van der Waals surface area contributed by atoms with Gasteiger partial charge in [-0.1, -0.05) is 38.4 Å². The van der Waals surface area contributed by atoms with Gasteiger partial charge in [-0.25, -0.2) is 0 Å². The molecule has 0 spiro atoms. The molecule has 0 aliphatic carbocycles. The molecule has 0 N–H and O–H groups in total. The minimum atomic E-state index is -2.44. The van der Waals surface area contributed by atoms with E-state index >= 15 is 0 Å². The van der Waals surface area contributed by atoms with Crippen molar-refractivity contribution in [2.75, 3.05) is 19.8 Å². The molecule has 0 amide bonds. The topological polar surface area (TPSA) is 36.9 Å². The lowest BCUT2D eigenvalue weighted by Crippen LogP contribution is -2.61. The largest absolute Gasteiger partial charge is 0.500 e. The fourth-order valence-corrected chi connectivity index (χ4v) is 13.1. The molecule has 1 aliphatic heterocycles. The van der Waals surface area contributed by atoms with Gasteiger partial charge in [0.25, 0.3) is 0 Å². The fourth-order valence-electron chi connectivity index (χ4n) is 3.73. The molecule has 0 radical (unpaired) electrons. The van der Waals surface area contributed by atoms with Crippen LogP contribution in [0.15, 0.2) is 0 Å². The second kappa shape index (κ2) is 11.5. The molecule has 4 nitrogen and oxygen atoms in total. The summed E-state index contributed by atoms with van der Waals surface area (Å²) in [4.78, 5) is 0. The number of unbranched alkanes of at least 4 members (excludes halogenated alkanes) is 3. The first-order valence-corrected chi connectivity index (χ1v) is 19.9. The summed E-state index contributed by atoms with van der Waals surface area (Å²) < 4.78 is 24.4. The Morgan fingerprint density at radius 1 is 0.846 bits per heavy atom. The van der Waals surface area contributed by atoms with Crippen molar-refractivity contribution in [3.8, 4) is 0 Å². The molecule has 0 aromatic heterocycles. The Balaban J connectivity index is 2.27. The van der Waals surface area contributed by atoms with Gasteiger partial charge in [-0.2, -0.15) is 0 Å². The van der Waals surface area contributed by atoms with Crippen molar-refractivity contribution in [2.45, 2.75) is 104 Å². The predicted octanol–water partition coefficient (Wildman–Crippen LogP) is 5.77. The van der Waals surface area contributed by atoms with Crippen LogP contribution in [0.1, 0.15) is 59.3 Å². The third-order valence-electron chi connectivity index (χ3n) is 6.03. The Hall–Kier alpha value is 0.491. The first-order chi connectivity index (χ1) is 12.2. The van der Waals surface area contributed by atoms with Crippen molar-refractivity contribution in [3.63, 3.8) is 0 Å². The smallest absolute Gasteiger partial charge is 0.417 e. The van der Waals surface area contributed by atoms with Crippen LogP contribution in [-0.2, 0) is 17.7 Å². The Kier molecular flexibility index (Phi) is 10.8. The van der Waals surface area contributed by atoms with Crippen LogP contribution in [0.25, 0.3) is 0 Å². The molecule has 156 valence electrons. The van der Waals surface area contributed by atoms with Gasteiger partial charge in [0.1, 0.15) is 0 Å². The lowest BCUT2D eigenvalue weighted by Gasteiger charge is -2.45. The van der Waals surface area contributed by atoms with E-state index in [1.807, 2.05) is 20.8 Å². The van der Waals surface area contributed by atoms with Gasteiger partial charge >= 0.3 is 8.80 Å². The van der Waals surface area contributed by atoms with Gasteiger partial charge < -0.3 is 17.7 Å². The summed E-state index contributed by atoms with van der Waals surface area (Å²) in [6.45, 7) is 18.0. The van der Waals surface area contributed by atoms with E-state index in [4.69, 9.17) is 17.7 Å². The number of rotatable bonds is 13. The zero-order chi connectivity index (χ0) is 19.7. The van der Waals surface area contributed by atoms with E-state index in [1.165, 1.54) is 38.1 Å². The van der Waals surface area contributed by atoms with Crippen LogP contribution >= 0.6 is 0 Å². The summed E-state index contributed by atoms with van der Waals surface area (Å²) in [5, 5.41) is 0. The highest BCUT2D eigenvalue weighted by molar-refractivity contribution is 7.38. The molecule has 1 saturated heterocycles. The van der Waals surface area contributed by atoms with Crippen molar-refractivity contribution in [1.82, 2.24) is 0 Å². The monoisotopic (exact) mass is 420 g/mol. The predicted molar refractivity (Wildman–Crippen MR) is 118 cm³/mol. The molecular weight excluding hydrogens is 376 g/mol. The van der Waals surface area contributed by atoms with Gasteiger partial charge in [0.15, 0.2) is 7.83 Å². The van der Waals surface area contributed by atoms with Crippen LogP contribution in [0.5, 0.6) is 0 Å². The quantitative estimate of drug-likeness (QED) is 0.280. The number of hydrogen-bond donors (Lipinski definition) is 0. The van der Waals surface area contributed by atoms with E-state index in [2.05, 4.69) is 26.2 Å². The molecule has 1 fully saturated rings. The maximum Gasteiger partial charge on any atom is 0.500 e. The molecule has 0 aromatic carbocycles. The summed E-state index contributed by atoms with van der Waals surface area (Å²) >= 11 is 0. The molecular formula is C19H44O4Si3. The van der Waals surface area contributed by atoms with Crippen molar-refractivity contribution < 1.29 is 17.7 Å². The van der Waals surface area contributed by atoms with Gasteiger partial charge in [0.05, 0.1) is 7.59 Å². The Bertz CT molecular complexity index is 374. The van der Waals surface area contributed by atoms with Crippen LogP contribution in [0.4, 0.5) is 0 Å². The average molecular weight is 421 g/mol. The van der Waals surface area contributed by atoms with E-state index in [-0.39, 0.29) is 0 Å². The van der Waals surface area contributed by atoms with Crippen molar-refractivity contribution >= 4 is 24.2 Å². The van der Waals surface area contributed by atoms with Crippen molar-refractivity contribution in [2.24, 2.45) is 0 Å². The zero-order valence-electron chi connectivity index (χ0n) is 18.5. The van der Waals surface area contributed by atoms with Crippen molar-refractivity contribution in [1.29, 1.82) is 0 Å². The standard InChI is InChI=1S/C19H44O4Si3/c1-8-20-26(21-9-2,22-10-3)17-14-12-11-13-15-19-16-18-24(4,5)25(6,7)23-19/h19H,8-18H2,1-7H3. The Morgan fingerprint density at radius 3 is 1.88 bits per heavy atom.